The maximum absolute atomic E-state index is 11.5. The molecule has 0 spiro atoms. The Morgan fingerprint density at radius 1 is 1.27 bits per heavy atom. The minimum atomic E-state index is -0.358. The number of nitrogens with zero attached hydrogens (tertiary/aromatic N) is 2. The largest absolute Gasteiger partial charge is 0.321 e. The first-order chi connectivity index (χ1) is 7.27. The van der Waals surface area contributed by atoms with E-state index in [1.165, 1.54) is 6.20 Å². The quantitative estimate of drug-likeness (QED) is 0.586. The fraction of sp³-hybridized carbons (Fsp3) is 0. The highest BCUT2D eigenvalue weighted by Crippen LogP contribution is 2.07. The Morgan fingerprint density at radius 2 is 1.93 bits per heavy atom. The van der Waals surface area contributed by atoms with Crippen molar-refractivity contribution in [1.29, 1.82) is 0 Å². The summed E-state index contributed by atoms with van der Waals surface area (Å²) in [4.78, 5) is 18.5. The van der Waals surface area contributed by atoms with Gasteiger partial charge in [0.1, 0.15) is 5.70 Å². The molecule has 1 aromatic rings. The van der Waals surface area contributed by atoms with Crippen molar-refractivity contribution in [3.8, 4) is 0 Å². The van der Waals surface area contributed by atoms with Crippen LogP contribution in [-0.4, -0.2) is 19.3 Å². The molecule has 15 heavy (non-hydrogen) atoms. The van der Waals surface area contributed by atoms with Crippen molar-refractivity contribution >= 4 is 25.0 Å². The molecule has 0 radical (unpaired) electrons. The smallest absolute Gasteiger partial charge is 0.275 e. The minimum Gasteiger partial charge on any atom is -0.321 e. The molecule has 0 aliphatic heterocycles. The van der Waals surface area contributed by atoms with Crippen LogP contribution < -0.4 is 5.32 Å². The van der Waals surface area contributed by atoms with E-state index < -0.39 is 0 Å². The van der Waals surface area contributed by atoms with Crippen molar-refractivity contribution in [2.24, 2.45) is 9.98 Å². The standard InChI is InChI=1S/C11H11N3O/c1-12-8-10(13-2)11(15)14-9-6-4-3-5-7-9/h3-8H,1-2H2,(H,14,15)/b10-8-. The zero-order valence-corrected chi connectivity index (χ0v) is 8.18. The first-order valence-corrected chi connectivity index (χ1v) is 4.27. The summed E-state index contributed by atoms with van der Waals surface area (Å²) in [5.41, 5.74) is 0.829. The SMILES string of the molecule is C=N/C=C(\N=C)C(=O)Nc1ccccc1. The summed E-state index contributed by atoms with van der Waals surface area (Å²) >= 11 is 0. The molecule has 0 unspecified atom stereocenters. The monoisotopic (exact) mass is 201 g/mol. The topological polar surface area (TPSA) is 53.8 Å². The van der Waals surface area contributed by atoms with Gasteiger partial charge in [0.05, 0.1) is 6.20 Å². The summed E-state index contributed by atoms with van der Waals surface area (Å²) in [7, 11) is 0. The lowest BCUT2D eigenvalue weighted by Gasteiger charge is -2.03. The van der Waals surface area contributed by atoms with Gasteiger partial charge in [0, 0.05) is 5.69 Å². The third kappa shape index (κ3) is 3.19. The van der Waals surface area contributed by atoms with Crippen LogP contribution in [0, 0.1) is 0 Å². The number of nitrogens with one attached hydrogen (secondary N) is 1. The van der Waals surface area contributed by atoms with E-state index in [2.05, 4.69) is 28.7 Å². The Labute approximate surface area is 88.1 Å². The fourth-order valence-corrected chi connectivity index (χ4v) is 0.974. The van der Waals surface area contributed by atoms with Crippen molar-refractivity contribution in [2.45, 2.75) is 0 Å². The molecule has 1 rings (SSSR count). The van der Waals surface area contributed by atoms with Gasteiger partial charge in [0.15, 0.2) is 0 Å². The van der Waals surface area contributed by atoms with E-state index in [9.17, 15) is 4.79 Å². The summed E-state index contributed by atoms with van der Waals surface area (Å²) in [5, 5.41) is 2.65. The van der Waals surface area contributed by atoms with Gasteiger partial charge in [-0.25, -0.2) is 0 Å². The molecule has 0 fully saturated rings. The Balaban J connectivity index is 2.75. The van der Waals surface area contributed by atoms with E-state index in [-0.39, 0.29) is 11.6 Å². The molecule has 0 aliphatic rings. The fourth-order valence-electron chi connectivity index (χ4n) is 0.974. The minimum absolute atomic E-state index is 0.133. The molecule has 0 aromatic heterocycles. The molecule has 0 bridgehead atoms. The van der Waals surface area contributed by atoms with Gasteiger partial charge in [0.25, 0.3) is 5.91 Å². The average Bonchev–Trinajstić information content (AvgIpc) is 2.27. The van der Waals surface area contributed by atoms with E-state index in [1.54, 1.807) is 12.1 Å². The molecule has 0 saturated heterocycles. The van der Waals surface area contributed by atoms with Gasteiger partial charge in [-0.1, -0.05) is 18.2 Å². The van der Waals surface area contributed by atoms with Crippen molar-refractivity contribution in [1.82, 2.24) is 0 Å². The summed E-state index contributed by atoms with van der Waals surface area (Å²) in [5.74, 6) is -0.358. The molecule has 1 N–H and O–H groups in total. The van der Waals surface area contributed by atoms with Crippen LogP contribution in [0.5, 0.6) is 0 Å². The number of anilines is 1. The van der Waals surface area contributed by atoms with Gasteiger partial charge < -0.3 is 5.32 Å². The normalized spacial score (nSPS) is 10.5. The molecule has 4 nitrogen and oxygen atoms in total. The van der Waals surface area contributed by atoms with Crippen LogP contribution in [0.3, 0.4) is 0 Å². The molecule has 0 heterocycles. The molecule has 0 saturated carbocycles. The number of hydrogen-bond donors (Lipinski definition) is 1. The second-order valence-electron chi connectivity index (χ2n) is 2.68. The Morgan fingerprint density at radius 3 is 2.47 bits per heavy atom. The van der Waals surface area contributed by atoms with Crippen LogP contribution in [0.4, 0.5) is 5.69 Å². The number of carbonyl (C=O) groups excluding carboxylic acids is 1. The Hall–Kier alpha value is -2.23. The molecule has 76 valence electrons. The number of aliphatic imine (C=N–C) groups is 2. The molecular formula is C11H11N3O. The lowest BCUT2D eigenvalue weighted by molar-refractivity contribution is -0.112. The van der Waals surface area contributed by atoms with Crippen LogP contribution in [0.15, 0.2) is 52.2 Å². The second-order valence-corrected chi connectivity index (χ2v) is 2.68. The number of amides is 1. The third-order valence-electron chi connectivity index (χ3n) is 1.65. The number of rotatable bonds is 4. The number of hydrogen-bond acceptors (Lipinski definition) is 3. The van der Waals surface area contributed by atoms with Crippen LogP contribution >= 0.6 is 0 Å². The summed E-state index contributed by atoms with van der Waals surface area (Å²) in [6.45, 7) is 6.52. The highest BCUT2D eigenvalue weighted by molar-refractivity contribution is 6.03. The third-order valence-corrected chi connectivity index (χ3v) is 1.65. The predicted octanol–water partition coefficient (Wildman–Crippen LogP) is 1.87. The molecule has 4 heteroatoms. The summed E-state index contributed by atoms with van der Waals surface area (Å²) in [6, 6.07) is 9.07. The molecule has 1 amide bonds. The van der Waals surface area contributed by atoms with Gasteiger partial charge in [-0.05, 0) is 25.6 Å². The van der Waals surface area contributed by atoms with E-state index in [1.807, 2.05) is 18.2 Å². The Bertz CT molecular complexity index is 396. The Kier molecular flexibility index (Phi) is 3.97. The van der Waals surface area contributed by atoms with Gasteiger partial charge in [0.2, 0.25) is 0 Å². The maximum Gasteiger partial charge on any atom is 0.275 e. The lowest BCUT2D eigenvalue weighted by atomic mass is 10.3. The maximum atomic E-state index is 11.5. The zero-order valence-electron chi connectivity index (χ0n) is 8.18. The van der Waals surface area contributed by atoms with Gasteiger partial charge in [-0.15, -0.1) is 0 Å². The number of carbonyl (C=O) groups is 1. The zero-order chi connectivity index (χ0) is 11.1. The van der Waals surface area contributed by atoms with Gasteiger partial charge in [-0.2, -0.15) is 0 Å². The van der Waals surface area contributed by atoms with Crippen molar-refractivity contribution in [3.05, 3.63) is 42.2 Å². The first kappa shape index (κ1) is 10.8. The molecule has 0 atom stereocenters. The second kappa shape index (κ2) is 5.49. The van der Waals surface area contributed by atoms with Crippen LogP contribution in [-0.2, 0) is 4.79 Å². The highest BCUT2D eigenvalue weighted by Gasteiger charge is 2.06. The van der Waals surface area contributed by atoms with Crippen LogP contribution in [0.25, 0.3) is 0 Å². The average molecular weight is 201 g/mol. The van der Waals surface area contributed by atoms with E-state index in [0.29, 0.717) is 5.69 Å². The molecule has 0 aliphatic carbocycles. The number of benzene rings is 1. The van der Waals surface area contributed by atoms with Gasteiger partial charge >= 0.3 is 0 Å². The van der Waals surface area contributed by atoms with Crippen LogP contribution in [0.2, 0.25) is 0 Å². The lowest BCUT2D eigenvalue weighted by Crippen LogP contribution is -2.12. The van der Waals surface area contributed by atoms with Crippen molar-refractivity contribution < 1.29 is 4.79 Å². The van der Waals surface area contributed by atoms with E-state index >= 15 is 0 Å². The predicted molar refractivity (Wildman–Crippen MR) is 62.3 cm³/mol. The van der Waals surface area contributed by atoms with Crippen molar-refractivity contribution in [2.75, 3.05) is 5.32 Å². The van der Waals surface area contributed by atoms with Gasteiger partial charge in [-0.3, -0.25) is 14.8 Å². The number of para-hydroxylation sites is 1. The molecular weight excluding hydrogens is 190 g/mol. The summed E-state index contributed by atoms with van der Waals surface area (Å²) in [6.07, 6.45) is 1.26. The molecule has 1 aromatic carbocycles. The summed E-state index contributed by atoms with van der Waals surface area (Å²) < 4.78 is 0. The first-order valence-electron chi connectivity index (χ1n) is 4.27. The highest BCUT2D eigenvalue weighted by atomic mass is 16.2. The van der Waals surface area contributed by atoms with Crippen LogP contribution in [0.1, 0.15) is 0 Å². The van der Waals surface area contributed by atoms with Crippen molar-refractivity contribution in [3.63, 3.8) is 0 Å². The van der Waals surface area contributed by atoms with E-state index in [4.69, 9.17) is 0 Å². The van der Waals surface area contributed by atoms with E-state index in [0.717, 1.165) is 0 Å².